The van der Waals surface area contributed by atoms with Crippen LogP contribution in [0.3, 0.4) is 0 Å². The van der Waals surface area contributed by atoms with Crippen molar-refractivity contribution >= 4 is 17.1 Å². The van der Waals surface area contributed by atoms with Crippen molar-refractivity contribution in [3.05, 3.63) is 119 Å². The molecule has 1 nitrogen and oxygen atoms in total. The van der Waals surface area contributed by atoms with Crippen molar-refractivity contribution in [2.24, 2.45) is 0 Å². The third-order valence-corrected chi connectivity index (χ3v) is 4.44. The summed E-state index contributed by atoms with van der Waals surface area (Å²) in [7, 11) is 0. The van der Waals surface area contributed by atoms with E-state index >= 15 is 0 Å². The summed E-state index contributed by atoms with van der Waals surface area (Å²) >= 11 is 0. The quantitative estimate of drug-likeness (QED) is 0.327. The van der Waals surface area contributed by atoms with Crippen LogP contribution in [-0.4, -0.2) is 6.29 Å². The molecule has 0 unspecified atom stereocenters. The lowest BCUT2D eigenvalue weighted by molar-refractivity contribution is 0.112. The zero-order valence-electron chi connectivity index (χ0n) is 15.1. The number of carbonyl (C=O) groups is 1. The first kappa shape index (κ1) is 17.3. The molecule has 0 radical (unpaired) electrons. The number of hydrogen-bond acceptors (Lipinski definition) is 1. The molecule has 1 heteroatoms. The van der Waals surface area contributed by atoms with Gasteiger partial charge >= 0.3 is 0 Å². The second kappa shape index (κ2) is 8.09. The van der Waals surface area contributed by atoms with Gasteiger partial charge in [0.15, 0.2) is 6.29 Å². The molecule has 0 aromatic heterocycles. The Morgan fingerprint density at radius 3 is 1.86 bits per heavy atom. The van der Waals surface area contributed by atoms with Gasteiger partial charge in [-0.15, -0.1) is 0 Å². The summed E-state index contributed by atoms with van der Waals surface area (Å²) in [5.41, 5.74) is 3.99. The Balaban J connectivity index is 1.69. The van der Waals surface area contributed by atoms with E-state index < -0.39 is 0 Å². The Hall–Kier alpha value is -4.07. The second-order valence-corrected chi connectivity index (χ2v) is 6.31. The molecule has 0 saturated heterocycles. The molecule has 0 atom stereocenters. The highest BCUT2D eigenvalue weighted by Gasteiger charge is 1.98. The number of carbonyl (C=O) groups excluding carboxylic acids is 1. The predicted molar refractivity (Wildman–Crippen MR) is 114 cm³/mol. The van der Waals surface area contributed by atoms with E-state index in [1.165, 1.54) is 10.8 Å². The largest absolute Gasteiger partial charge is 0.298 e. The van der Waals surface area contributed by atoms with E-state index in [2.05, 4.69) is 47.9 Å². The lowest BCUT2D eigenvalue weighted by Gasteiger charge is -1.98. The first-order valence-electron chi connectivity index (χ1n) is 8.99. The smallest absolute Gasteiger partial charge is 0.151 e. The molecule has 28 heavy (non-hydrogen) atoms. The molecule has 0 aliphatic heterocycles. The van der Waals surface area contributed by atoms with Crippen molar-refractivity contribution in [3.63, 3.8) is 0 Å². The van der Waals surface area contributed by atoms with Crippen LogP contribution in [0.25, 0.3) is 10.8 Å². The van der Waals surface area contributed by atoms with E-state index in [1.807, 2.05) is 60.7 Å². The first-order chi connectivity index (χ1) is 13.8. The summed E-state index contributed by atoms with van der Waals surface area (Å²) in [5.74, 6) is 12.7. The molecular weight excluding hydrogens is 340 g/mol. The van der Waals surface area contributed by atoms with Gasteiger partial charge in [-0.2, -0.15) is 0 Å². The molecule has 4 rings (SSSR count). The summed E-state index contributed by atoms with van der Waals surface area (Å²) < 4.78 is 0. The van der Waals surface area contributed by atoms with Gasteiger partial charge in [0.2, 0.25) is 0 Å². The molecule has 0 aliphatic rings. The molecule has 0 spiro atoms. The monoisotopic (exact) mass is 356 g/mol. The van der Waals surface area contributed by atoms with Crippen LogP contribution in [0.5, 0.6) is 0 Å². The van der Waals surface area contributed by atoms with Gasteiger partial charge in [-0.3, -0.25) is 4.79 Å². The number of fused-ring (bicyclic) bond motifs is 1. The summed E-state index contributed by atoms with van der Waals surface area (Å²) in [6.45, 7) is 0. The van der Waals surface area contributed by atoms with E-state index in [0.29, 0.717) is 5.56 Å². The van der Waals surface area contributed by atoms with Gasteiger partial charge in [-0.1, -0.05) is 84.3 Å². The minimum absolute atomic E-state index is 0.592. The zero-order valence-corrected chi connectivity index (χ0v) is 15.1. The molecular formula is C27H16O. The van der Waals surface area contributed by atoms with Gasteiger partial charge in [0, 0.05) is 27.8 Å². The van der Waals surface area contributed by atoms with Crippen LogP contribution in [0.4, 0.5) is 0 Å². The van der Waals surface area contributed by atoms with Crippen molar-refractivity contribution in [2.45, 2.75) is 0 Å². The molecule has 0 fully saturated rings. The Morgan fingerprint density at radius 2 is 1.11 bits per heavy atom. The number of benzene rings is 4. The van der Waals surface area contributed by atoms with E-state index in [9.17, 15) is 4.79 Å². The molecule has 0 N–H and O–H groups in total. The highest BCUT2D eigenvalue weighted by atomic mass is 16.1. The third kappa shape index (κ3) is 3.85. The maximum absolute atomic E-state index is 11.2. The highest BCUT2D eigenvalue weighted by molar-refractivity contribution is 5.84. The second-order valence-electron chi connectivity index (χ2n) is 6.31. The van der Waals surface area contributed by atoms with Gasteiger partial charge < -0.3 is 0 Å². The lowest BCUT2D eigenvalue weighted by atomic mass is 10.0. The van der Waals surface area contributed by atoms with Gasteiger partial charge in [0.25, 0.3) is 0 Å². The van der Waals surface area contributed by atoms with Crippen LogP contribution in [0.2, 0.25) is 0 Å². The van der Waals surface area contributed by atoms with Gasteiger partial charge in [-0.25, -0.2) is 0 Å². The molecule has 130 valence electrons. The summed E-state index contributed by atoms with van der Waals surface area (Å²) in [5, 5.41) is 2.38. The van der Waals surface area contributed by atoms with Crippen molar-refractivity contribution < 1.29 is 4.79 Å². The maximum Gasteiger partial charge on any atom is 0.151 e. The molecule has 0 amide bonds. The Labute approximate surface area is 164 Å². The van der Waals surface area contributed by atoms with Crippen LogP contribution < -0.4 is 0 Å². The summed E-state index contributed by atoms with van der Waals surface area (Å²) in [6, 6.07) is 29.6. The minimum Gasteiger partial charge on any atom is -0.298 e. The number of aldehydes is 1. The number of rotatable bonds is 1. The van der Waals surface area contributed by atoms with Crippen molar-refractivity contribution in [3.8, 4) is 23.7 Å². The first-order valence-corrected chi connectivity index (χ1v) is 8.99. The molecule has 0 aliphatic carbocycles. The standard InChI is InChI=1S/C27H16O/c28-20-27-12-6-4-10-25(27)18-17-23-8-2-1-7-22(23)15-13-21-14-16-24-9-3-5-11-26(24)19-21/h1-12,14,16,19-20H. The van der Waals surface area contributed by atoms with Crippen LogP contribution in [-0.2, 0) is 0 Å². The molecule has 0 bridgehead atoms. The Bertz CT molecular complexity index is 1290. The molecule has 4 aromatic rings. The lowest BCUT2D eigenvalue weighted by Crippen LogP contribution is -1.87. The Kier molecular flexibility index (Phi) is 5.01. The van der Waals surface area contributed by atoms with Crippen LogP contribution >= 0.6 is 0 Å². The normalized spacial score (nSPS) is 9.71. The molecule has 0 saturated carbocycles. The van der Waals surface area contributed by atoms with Gasteiger partial charge in [0.1, 0.15) is 0 Å². The zero-order chi connectivity index (χ0) is 19.2. The maximum atomic E-state index is 11.2. The fraction of sp³-hybridized carbons (Fsp3) is 0. The summed E-state index contributed by atoms with van der Waals surface area (Å²) in [6.07, 6.45) is 0.829. The number of hydrogen-bond donors (Lipinski definition) is 0. The van der Waals surface area contributed by atoms with Crippen molar-refractivity contribution in [1.82, 2.24) is 0 Å². The average molecular weight is 356 g/mol. The van der Waals surface area contributed by atoms with E-state index in [0.717, 1.165) is 28.5 Å². The van der Waals surface area contributed by atoms with Crippen LogP contribution in [0.15, 0.2) is 91.0 Å². The summed E-state index contributed by atoms with van der Waals surface area (Å²) in [4.78, 5) is 11.2. The van der Waals surface area contributed by atoms with Gasteiger partial charge in [0.05, 0.1) is 0 Å². The van der Waals surface area contributed by atoms with Gasteiger partial charge in [-0.05, 0) is 41.1 Å². The van der Waals surface area contributed by atoms with Crippen LogP contribution in [0, 0.1) is 23.7 Å². The SMILES string of the molecule is O=Cc1ccccc1C#Cc1ccccc1C#Cc1ccc2ccccc2c1. The molecule has 4 aromatic carbocycles. The van der Waals surface area contributed by atoms with E-state index in [1.54, 1.807) is 6.07 Å². The van der Waals surface area contributed by atoms with Crippen LogP contribution in [0.1, 0.15) is 32.6 Å². The predicted octanol–water partition coefficient (Wildman–Crippen LogP) is 5.45. The fourth-order valence-electron chi connectivity index (χ4n) is 2.96. The highest BCUT2D eigenvalue weighted by Crippen LogP contribution is 2.15. The fourth-order valence-corrected chi connectivity index (χ4v) is 2.96. The van der Waals surface area contributed by atoms with Crippen molar-refractivity contribution in [2.75, 3.05) is 0 Å². The average Bonchev–Trinajstić information content (AvgIpc) is 2.77. The van der Waals surface area contributed by atoms with Crippen molar-refractivity contribution in [1.29, 1.82) is 0 Å². The molecule has 0 heterocycles. The minimum atomic E-state index is 0.592. The Morgan fingerprint density at radius 1 is 0.536 bits per heavy atom. The third-order valence-electron chi connectivity index (χ3n) is 4.44. The van der Waals surface area contributed by atoms with E-state index in [4.69, 9.17) is 0 Å². The van der Waals surface area contributed by atoms with E-state index in [-0.39, 0.29) is 0 Å². The topological polar surface area (TPSA) is 17.1 Å².